The van der Waals surface area contributed by atoms with E-state index in [0.29, 0.717) is 11.3 Å². The number of carbonyl (C=O) groups is 1. The summed E-state index contributed by atoms with van der Waals surface area (Å²) in [7, 11) is 0. The third kappa shape index (κ3) is 3.71. The number of ether oxygens (including phenoxy) is 1. The molecule has 3 fully saturated rings. The lowest BCUT2D eigenvalue weighted by Crippen LogP contribution is -2.46. The maximum Gasteiger partial charge on any atom is 0.302 e. The Kier molecular flexibility index (Phi) is 6.26. The Labute approximate surface area is 184 Å². The highest BCUT2D eigenvalue weighted by atomic mass is 16.5. The molecule has 0 amide bonds. The van der Waals surface area contributed by atoms with Gasteiger partial charge in [0.2, 0.25) is 0 Å². The molecule has 2 nitrogen and oxygen atoms in total. The molecule has 0 heterocycles. The lowest BCUT2D eigenvalue weighted by atomic mass is 9.50. The Hall–Kier alpha value is -1.05. The molecule has 0 aliphatic heterocycles. The number of hydrogen-bond donors (Lipinski definition) is 0. The van der Waals surface area contributed by atoms with Gasteiger partial charge in [-0.05, 0) is 73.0 Å². The summed E-state index contributed by atoms with van der Waals surface area (Å²) in [5.41, 5.74) is 4.11. The van der Waals surface area contributed by atoms with Crippen molar-refractivity contribution in [1.82, 2.24) is 0 Å². The fraction of sp³-hybridized carbons (Fsp3) is 0.821. The number of hydrogen-bond acceptors (Lipinski definition) is 2. The van der Waals surface area contributed by atoms with Gasteiger partial charge in [-0.1, -0.05) is 76.7 Å². The number of fused-ring (bicyclic) bond motifs is 5. The average molecular weight is 413 g/mol. The molecule has 2 heteroatoms. The van der Waals surface area contributed by atoms with Crippen LogP contribution in [0.3, 0.4) is 0 Å². The summed E-state index contributed by atoms with van der Waals surface area (Å²) >= 11 is 0. The molecular weight excluding hydrogens is 368 g/mol. The molecular formula is C28H44O2. The van der Waals surface area contributed by atoms with E-state index in [-0.39, 0.29) is 17.5 Å². The zero-order valence-corrected chi connectivity index (χ0v) is 20.1. The third-order valence-corrected chi connectivity index (χ3v) is 9.88. The molecule has 168 valence electrons. The van der Waals surface area contributed by atoms with E-state index < -0.39 is 0 Å². The standard InChI is InChI=1S/C28H44O2/c1-6-7-8-9-19(2)24-12-13-25-23-11-10-21-18-22(30-20(3)29)14-16-27(21,4)26(23)15-17-28(24,25)5/h10-11,19,22,24-26H,6-9,12-18H2,1-5H3/t19-,22?,24?,25?,26?,27+,28-/m1/s1. The fourth-order valence-electron chi connectivity index (χ4n) is 8.20. The molecule has 4 aliphatic rings. The first-order chi connectivity index (χ1) is 14.3. The Morgan fingerprint density at radius 2 is 1.90 bits per heavy atom. The molecule has 7 atom stereocenters. The van der Waals surface area contributed by atoms with Gasteiger partial charge in [-0.2, -0.15) is 0 Å². The van der Waals surface area contributed by atoms with Gasteiger partial charge in [-0.15, -0.1) is 0 Å². The van der Waals surface area contributed by atoms with Crippen molar-refractivity contribution in [3.63, 3.8) is 0 Å². The van der Waals surface area contributed by atoms with Crippen LogP contribution < -0.4 is 0 Å². The summed E-state index contributed by atoms with van der Waals surface area (Å²) in [4.78, 5) is 11.5. The van der Waals surface area contributed by atoms with Gasteiger partial charge in [0.25, 0.3) is 0 Å². The molecule has 4 aliphatic carbocycles. The summed E-state index contributed by atoms with van der Waals surface area (Å²) in [6, 6.07) is 0. The van der Waals surface area contributed by atoms with Gasteiger partial charge in [0, 0.05) is 13.3 Å². The quantitative estimate of drug-likeness (QED) is 0.331. The van der Waals surface area contributed by atoms with Crippen LogP contribution >= 0.6 is 0 Å². The van der Waals surface area contributed by atoms with Crippen molar-refractivity contribution >= 4 is 5.97 Å². The maximum atomic E-state index is 11.5. The fourth-order valence-corrected chi connectivity index (χ4v) is 8.20. The predicted octanol–water partition coefficient (Wildman–Crippen LogP) is 7.63. The molecule has 3 saturated carbocycles. The topological polar surface area (TPSA) is 26.3 Å². The van der Waals surface area contributed by atoms with Crippen molar-refractivity contribution in [2.45, 2.75) is 111 Å². The van der Waals surface area contributed by atoms with E-state index in [1.807, 2.05) is 0 Å². The summed E-state index contributed by atoms with van der Waals surface area (Å²) in [6.07, 6.45) is 19.3. The van der Waals surface area contributed by atoms with E-state index in [0.717, 1.165) is 30.6 Å². The Balaban J connectivity index is 1.53. The maximum absolute atomic E-state index is 11.5. The number of unbranched alkanes of at least 4 members (excludes halogenated alkanes) is 2. The molecule has 0 radical (unpaired) electrons. The van der Waals surface area contributed by atoms with Gasteiger partial charge in [0.05, 0.1) is 0 Å². The summed E-state index contributed by atoms with van der Waals surface area (Å²) in [6.45, 7) is 11.6. The average Bonchev–Trinajstić information content (AvgIpc) is 3.05. The van der Waals surface area contributed by atoms with E-state index in [1.54, 1.807) is 18.1 Å². The molecule has 0 spiro atoms. The van der Waals surface area contributed by atoms with E-state index in [2.05, 4.69) is 39.8 Å². The van der Waals surface area contributed by atoms with Crippen LogP contribution in [-0.4, -0.2) is 12.1 Å². The van der Waals surface area contributed by atoms with Crippen LogP contribution in [0.5, 0.6) is 0 Å². The molecule has 0 aromatic heterocycles. The van der Waals surface area contributed by atoms with E-state index >= 15 is 0 Å². The van der Waals surface area contributed by atoms with Gasteiger partial charge >= 0.3 is 5.97 Å². The van der Waals surface area contributed by atoms with Crippen molar-refractivity contribution in [3.05, 3.63) is 23.3 Å². The van der Waals surface area contributed by atoms with Gasteiger partial charge in [-0.25, -0.2) is 0 Å². The Morgan fingerprint density at radius 3 is 2.63 bits per heavy atom. The first-order valence-corrected chi connectivity index (χ1v) is 12.9. The molecule has 0 bridgehead atoms. The van der Waals surface area contributed by atoms with Crippen LogP contribution in [0.4, 0.5) is 0 Å². The van der Waals surface area contributed by atoms with Crippen molar-refractivity contribution in [1.29, 1.82) is 0 Å². The van der Waals surface area contributed by atoms with Crippen molar-refractivity contribution < 1.29 is 9.53 Å². The molecule has 4 unspecified atom stereocenters. The number of allylic oxidation sites excluding steroid dienone is 3. The number of carbonyl (C=O) groups excluding carboxylic acids is 1. The summed E-state index contributed by atoms with van der Waals surface area (Å²) in [5, 5.41) is 0. The van der Waals surface area contributed by atoms with Gasteiger partial charge in [0.1, 0.15) is 6.10 Å². The Morgan fingerprint density at radius 1 is 1.10 bits per heavy atom. The van der Waals surface area contributed by atoms with Crippen LogP contribution in [0.25, 0.3) is 0 Å². The van der Waals surface area contributed by atoms with Crippen LogP contribution in [0, 0.1) is 34.5 Å². The van der Waals surface area contributed by atoms with Crippen molar-refractivity contribution in [2.75, 3.05) is 0 Å². The minimum atomic E-state index is -0.130. The highest BCUT2D eigenvalue weighted by Gasteiger charge is 2.57. The molecule has 4 rings (SSSR count). The minimum absolute atomic E-state index is 0.0884. The van der Waals surface area contributed by atoms with E-state index in [9.17, 15) is 4.79 Å². The first kappa shape index (κ1) is 22.2. The molecule has 0 saturated heterocycles. The smallest absolute Gasteiger partial charge is 0.302 e. The zero-order valence-electron chi connectivity index (χ0n) is 20.1. The summed E-state index contributed by atoms with van der Waals surface area (Å²) in [5.74, 6) is 3.14. The highest BCUT2D eigenvalue weighted by molar-refractivity contribution is 5.66. The monoisotopic (exact) mass is 412 g/mol. The summed E-state index contributed by atoms with van der Waals surface area (Å²) < 4.78 is 5.59. The van der Waals surface area contributed by atoms with Gasteiger partial charge in [0.15, 0.2) is 0 Å². The number of esters is 1. The van der Waals surface area contributed by atoms with Crippen LogP contribution in [0.15, 0.2) is 23.3 Å². The largest absolute Gasteiger partial charge is 0.462 e. The van der Waals surface area contributed by atoms with E-state index in [4.69, 9.17) is 4.74 Å². The van der Waals surface area contributed by atoms with Crippen LogP contribution in [0.1, 0.15) is 105 Å². The molecule has 0 aromatic rings. The van der Waals surface area contributed by atoms with Crippen LogP contribution in [-0.2, 0) is 9.53 Å². The van der Waals surface area contributed by atoms with Crippen molar-refractivity contribution in [2.24, 2.45) is 34.5 Å². The van der Waals surface area contributed by atoms with Gasteiger partial charge < -0.3 is 4.74 Å². The van der Waals surface area contributed by atoms with Crippen LogP contribution in [0.2, 0.25) is 0 Å². The molecule has 30 heavy (non-hydrogen) atoms. The second-order valence-electron chi connectivity index (χ2n) is 11.6. The third-order valence-electron chi connectivity index (χ3n) is 9.88. The SMILES string of the molecule is CCCCC[C@@H](C)C1CCC2C3=CC=C4CC(OC(C)=O)CC[C@]4(C)C3CC[C@@]21C. The second-order valence-corrected chi connectivity index (χ2v) is 11.6. The highest BCUT2D eigenvalue weighted by Crippen LogP contribution is 2.66. The van der Waals surface area contributed by atoms with Gasteiger partial charge in [-0.3, -0.25) is 4.79 Å². The first-order valence-electron chi connectivity index (χ1n) is 12.9. The Bertz CT molecular complexity index is 718. The lowest BCUT2D eigenvalue weighted by molar-refractivity contribution is -0.148. The van der Waals surface area contributed by atoms with Crippen molar-refractivity contribution in [3.8, 4) is 0 Å². The second kappa shape index (κ2) is 8.47. The zero-order chi connectivity index (χ0) is 21.5. The minimum Gasteiger partial charge on any atom is -0.462 e. The number of rotatable bonds is 6. The molecule has 0 aromatic carbocycles. The normalized spacial score (nSPS) is 41.1. The lowest BCUT2D eigenvalue weighted by Gasteiger charge is -2.55. The predicted molar refractivity (Wildman–Crippen MR) is 124 cm³/mol. The van der Waals surface area contributed by atoms with E-state index in [1.165, 1.54) is 57.8 Å². The molecule has 0 N–H and O–H groups in total.